The standard InChI is InChI=1S/C13H16N4O4S/c14-7-8-2-1-5-17(8)22(20,21)9-3-4-11-10(6-9)12(18)16-13(19)15-11/h3-4,6,8H,1-2,5,7,14H2,(H2,15,16,18,19)/t8-/m1/s1. The average Bonchev–Trinajstić information content (AvgIpc) is 2.96. The number of sulfonamides is 1. The molecule has 1 atom stereocenters. The molecule has 1 saturated heterocycles. The van der Waals surface area contributed by atoms with Crippen LogP contribution in [0.1, 0.15) is 12.8 Å². The first-order valence-electron chi connectivity index (χ1n) is 6.92. The number of benzene rings is 1. The van der Waals surface area contributed by atoms with Crippen molar-refractivity contribution < 1.29 is 8.42 Å². The molecule has 0 radical (unpaired) electrons. The highest BCUT2D eigenvalue weighted by Crippen LogP contribution is 2.26. The monoisotopic (exact) mass is 324 g/mol. The Morgan fingerprint density at radius 3 is 2.77 bits per heavy atom. The number of aromatic amines is 2. The van der Waals surface area contributed by atoms with E-state index in [-0.39, 0.29) is 22.9 Å². The lowest BCUT2D eigenvalue weighted by atomic mass is 10.2. The van der Waals surface area contributed by atoms with E-state index in [1.165, 1.54) is 22.5 Å². The lowest BCUT2D eigenvalue weighted by molar-refractivity contribution is 0.393. The van der Waals surface area contributed by atoms with E-state index >= 15 is 0 Å². The Morgan fingerprint density at radius 2 is 2.05 bits per heavy atom. The highest BCUT2D eigenvalue weighted by Gasteiger charge is 2.34. The Morgan fingerprint density at radius 1 is 1.27 bits per heavy atom. The van der Waals surface area contributed by atoms with Crippen LogP contribution in [-0.4, -0.2) is 41.8 Å². The van der Waals surface area contributed by atoms with Crippen LogP contribution in [0.3, 0.4) is 0 Å². The zero-order chi connectivity index (χ0) is 15.9. The Bertz CT molecular complexity index is 931. The zero-order valence-corrected chi connectivity index (χ0v) is 12.5. The van der Waals surface area contributed by atoms with Crippen molar-refractivity contribution in [2.75, 3.05) is 13.1 Å². The number of nitrogens with one attached hydrogen (secondary N) is 2. The van der Waals surface area contributed by atoms with Gasteiger partial charge >= 0.3 is 5.69 Å². The summed E-state index contributed by atoms with van der Waals surface area (Å²) in [4.78, 5) is 27.6. The number of nitrogens with zero attached hydrogens (tertiary/aromatic N) is 1. The van der Waals surface area contributed by atoms with Crippen molar-refractivity contribution in [2.24, 2.45) is 5.73 Å². The van der Waals surface area contributed by atoms with E-state index in [4.69, 9.17) is 5.73 Å². The molecule has 9 heteroatoms. The molecule has 0 amide bonds. The van der Waals surface area contributed by atoms with Crippen LogP contribution < -0.4 is 17.0 Å². The van der Waals surface area contributed by atoms with E-state index in [1.54, 1.807) is 0 Å². The Balaban J connectivity index is 2.14. The molecule has 1 aromatic heterocycles. The molecule has 0 aliphatic carbocycles. The van der Waals surface area contributed by atoms with Gasteiger partial charge in [-0.15, -0.1) is 0 Å². The highest BCUT2D eigenvalue weighted by molar-refractivity contribution is 7.89. The minimum absolute atomic E-state index is 0.0258. The van der Waals surface area contributed by atoms with Crippen molar-refractivity contribution in [2.45, 2.75) is 23.8 Å². The van der Waals surface area contributed by atoms with Crippen LogP contribution in [0.2, 0.25) is 0 Å². The van der Waals surface area contributed by atoms with E-state index in [0.717, 1.165) is 12.8 Å². The third-order valence-electron chi connectivity index (χ3n) is 3.91. The minimum atomic E-state index is -3.71. The molecule has 8 nitrogen and oxygen atoms in total. The summed E-state index contributed by atoms with van der Waals surface area (Å²) in [5.41, 5.74) is 4.68. The summed E-state index contributed by atoms with van der Waals surface area (Å²) in [6.45, 7) is 0.685. The first-order chi connectivity index (χ1) is 10.4. The third kappa shape index (κ3) is 2.36. The number of H-pyrrole nitrogens is 2. The summed E-state index contributed by atoms with van der Waals surface area (Å²) in [5.74, 6) is 0. The number of hydrogen-bond acceptors (Lipinski definition) is 5. The molecule has 1 fully saturated rings. The summed E-state index contributed by atoms with van der Waals surface area (Å²) in [6.07, 6.45) is 1.50. The highest BCUT2D eigenvalue weighted by atomic mass is 32.2. The molecule has 22 heavy (non-hydrogen) atoms. The van der Waals surface area contributed by atoms with Crippen molar-refractivity contribution in [3.8, 4) is 0 Å². The van der Waals surface area contributed by atoms with Crippen LogP contribution in [0.25, 0.3) is 10.9 Å². The maximum atomic E-state index is 12.7. The normalized spacial score (nSPS) is 19.8. The van der Waals surface area contributed by atoms with Gasteiger partial charge in [-0.25, -0.2) is 13.2 Å². The van der Waals surface area contributed by atoms with Gasteiger partial charge in [-0.1, -0.05) is 0 Å². The van der Waals surface area contributed by atoms with Crippen molar-refractivity contribution in [1.29, 1.82) is 0 Å². The van der Waals surface area contributed by atoms with E-state index in [2.05, 4.69) is 9.97 Å². The number of aromatic nitrogens is 2. The molecule has 0 spiro atoms. The van der Waals surface area contributed by atoms with Gasteiger partial charge in [-0.05, 0) is 31.0 Å². The lowest BCUT2D eigenvalue weighted by Gasteiger charge is -2.22. The fourth-order valence-corrected chi connectivity index (χ4v) is 4.53. The molecule has 4 N–H and O–H groups in total. The van der Waals surface area contributed by atoms with E-state index in [0.29, 0.717) is 12.1 Å². The van der Waals surface area contributed by atoms with Gasteiger partial charge in [-0.3, -0.25) is 9.78 Å². The van der Waals surface area contributed by atoms with Crippen LogP contribution in [0.4, 0.5) is 0 Å². The molecule has 118 valence electrons. The molecule has 3 rings (SSSR count). The average molecular weight is 324 g/mol. The second kappa shape index (κ2) is 5.34. The van der Waals surface area contributed by atoms with E-state index in [1.807, 2.05) is 0 Å². The topological polar surface area (TPSA) is 129 Å². The van der Waals surface area contributed by atoms with Crippen LogP contribution in [-0.2, 0) is 10.0 Å². The molecule has 2 heterocycles. The maximum absolute atomic E-state index is 12.7. The van der Waals surface area contributed by atoms with Crippen molar-refractivity contribution in [3.05, 3.63) is 39.0 Å². The van der Waals surface area contributed by atoms with Crippen molar-refractivity contribution in [1.82, 2.24) is 14.3 Å². The summed E-state index contributed by atoms with van der Waals surface area (Å²) in [6, 6.07) is 3.88. The fourth-order valence-electron chi connectivity index (χ4n) is 2.80. The molecule has 1 aromatic carbocycles. The van der Waals surface area contributed by atoms with Crippen LogP contribution in [0.15, 0.2) is 32.7 Å². The summed E-state index contributed by atoms with van der Waals surface area (Å²) >= 11 is 0. The molecule has 0 saturated carbocycles. The van der Waals surface area contributed by atoms with Gasteiger partial charge in [0.05, 0.1) is 15.8 Å². The van der Waals surface area contributed by atoms with Crippen LogP contribution >= 0.6 is 0 Å². The molecule has 2 aromatic rings. The van der Waals surface area contributed by atoms with Gasteiger partial charge in [0.15, 0.2) is 0 Å². The fraction of sp³-hybridized carbons (Fsp3) is 0.385. The van der Waals surface area contributed by atoms with Gasteiger partial charge in [0.2, 0.25) is 10.0 Å². The van der Waals surface area contributed by atoms with Crippen LogP contribution in [0, 0.1) is 0 Å². The largest absolute Gasteiger partial charge is 0.329 e. The molecule has 1 aliphatic heterocycles. The van der Waals surface area contributed by atoms with Gasteiger partial charge < -0.3 is 10.7 Å². The number of hydrogen-bond donors (Lipinski definition) is 3. The second-order valence-electron chi connectivity index (χ2n) is 5.26. The SMILES string of the molecule is NC[C@H]1CCCN1S(=O)(=O)c1ccc2[nH]c(=O)[nH]c(=O)c2c1. The van der Waals surface area contributed by atoms with Crippen molar-refractivity contribution in [3.63, 3.8) is 0 Å². The minimum Gasteiger partial charge on any atom is -0.329 e. The predicted molar refractivity (Wildman–Crippen MR) is 81.2 cm³/mol. The smallest absolute Gasteiger partial charge is 0.326 e. The number of fused-ring (bicyclic) bond motifs is 1. The summed E-state index contributed by atoms with van der Waals surface area (Å²) in [5, 5.41) is 0.129. The lowest BCUT2D eigenvalue weighted by Crippen LogP contribution is -2.39. The first-order valence-corrected chi connectivity index (χ1v) is 8.36. The van der Waals surface area contributed by atoms with Gasteiger partial charge in [0.25, 0.3) is 5.56 Å². The Labute approximate surface area is 126 Å². The molecule has 0 unspecified atom stereocenters. The molecular formula is C13H16N4O4S. The first kappa shape index (κ1) is 14.9. The third-order valence-corrected chi connectivity index (χ3v) is 5.86. The molecule has 0 bridgehead atoms. The maximum Gasteiger partial charge on any atom is 0.326 e. The number of nitrogens with two attached hydrogens (primary N) is 1. The van der Waals surface area contributed by atoms with Gasteiger partial charge in [-0.2, -0.15) is 4.31 Å². The Hall–Kier alpha value is -1.97. The van der Waals surface area contributed by atoms with Gasteiger partial charge in [0.1, 0.15) is 0 Å². The zero-order valence-electron chi connectivity index (χ0n) is 11.7. The van der Waals surface area contributed by atoms with E-state index < -0.39 is 21.3 Å². The molecular weight excluding hydrogens is 308 g/mol. The second-order valence-corrected chi connectivity index (χ2v) is 7.15. The quantitative estimate of drug-likeness (QED) is 0.689. The predicted octanol–water partition coefficient (Wildman–Crippen LogP) is -0.672. The van der Waals surface area contributed by atoms with Gasteiger partial charge in [0, 0.05) is 19.1 Å². The summed E-state index contributed by atoms with van der Waals surface area (Å²) in [7, 11) is -3.71. The summed E-state index contributed by atoms with van der Waals surface area (Å²) < 4.78 is 26.8. The Kier molecular flexibility index (Phi) is 3.63. The molecule has 1 aliphatic rings. The van der Waals surface area contributed by atoms with Crippen LogP contribution in [0.5, 0.6) is 0 Å². The van der Waals surface area contributed by atoms with Crippen molar-refractivity contribution >= 4 is 20.9 Å². The number of rotatable bonds is 3. The van der Waals surface area contributed by atoms with E-state index in [9.17, 15) is 18.0 Å².